The Morgan fingerprint density at radius 1 is 1.57 bits per heavy atom. The maximum absolute atomic E-state index is 12.3. The van der Waals surface area contributed by atoms with Crippen LogP contribution in [0.5, 0.6) is 0 Å². The van der Waals surface area contributed by atoms with E-state index in [1.54, 1.807) is 13.1 Å². The summed E-state index contributed by atoms with van der Waals surface area (Å²) in [5.41, 5.74) is -0.444. The number of carboxylic acid groups (broad SMARTS) is 1. The van der Waals surface area contributed by atoms with Crippen molar-refractivity contribution in [2.45, 2.75) is 46.2 Å². The zero-order valence-electron chi connectivity index (χ0n) is 12.5. The summed E-state index contributed by atoms with van der Waals surface area (Å²) in [6.07, 6.45) is 3.15. The number of amides is 2. The summed E-state index contributed by atoms with van der Waals surface area (Å²) >= 11 is 0. The zero-order chi connectivity index (χ0) is 15.6. The second kappa shape index (κ2) is 5.75. The third-order valence-electron chi connectivity index (χ3n) is 3.83. The molecular weight excluding hydrogens is 274 g/mol. The molecule has 1 fully saturated rings. The average molecular weight is 295 g/mol. The van der Waals surface area contributed by atoms with Crippen LogP contribution in [0.3, 0.4) is 0 Å². The Balaban J connectivity index is 2.04. The predicted octanol–water partition coefficient (Wildman–Crippen LogP) is 1.77. The van der Waals surface area contributed by atoms with E-state index in [0.717, 1.165) is 12.8 Å². The highest BCUT2D eigenvalue weighted by Gasteiger charge is 2.44. The lowest BCUT2D eigenvalue weighted by atomic mass is 9.76. The number of nitrogens with one attached hydrogen (secondary N) is 1. The molecule has 0 radical (unpaired) electrons. The third-order valence-corrected chi connectivity index (χ3v) is 3.83. The van der Waals surface area contributed by atoms with Crippen LogP contribution in [-0.4, -0.2) is 39.6 Å². The number of aryl methyl sites for hydroxylation is 1. The van der Waals surface area contributed by atoms with Gasteiger partial charge in [-0.3, -0.25) is 0 Å². The number of hydrogen-bond acceptors (Lipinski definition) is 4. The summed E-state index contributed by atoms with van der Waals surface area (Å²) in [4.78, 5) is 29.2. The fourth-order valence-corrected chi connectivity index (χ4v) is 2.82. The van der Waals surface area contributed by atoms with Gasteiger partial charge in [0.05, 0.1) is 12.7 Å². The largest absolute Gasteiger partial charge is 0.480 e. The summed E-state index contributed by atoms with van der Waals surface area (Å²) in [6, 6.07) is -1.22. The van der Waals surface area contributed by atoms with Gasteiger partial charge in [-0.2, -0.15) is 0 Å². The van der Waals surface area contributed by atoms with E-state index >= 15 is 0 Å². The van der Waals surface area contributed by atoms with E-state index in [4.69, 9.17) is 4.42 Å². The minimum Gasteiger partial charge on any atom is -0.480 e. The molecule has 1 unspecified atom stereocenters. The Labute approximate surface area is 123 Å². The molecule has 0 bridgehead atoms. The number of piperidine rings is 1. The lowest BCUT2D eigenvalue weighted by molar-refractivity contribution is -0.148. The van der Waals surface area contributed by atoms with Gasteiger partial charge in [0.25, 0.3) is 0 Å². The summed E-state index contributed by atoms with van der Waals surface area (Å²) < 4.78 is 5.28. The van der Waals surface area contributed by atoms with E-state index in [-0.39, 0.29) is 6.54 Å². The molecule has 116 valence electrons. The SMILES string of the molecule is Cc1cnc(CNC(=O)N2CCCC(C)(C)C2C(=O)O)o1. The van der Waals surface area contributed by atoms with E-state index in [1.807, 2.05) is 13.8 Å². The molecular formula is C14H21N3O4. The molecule has 0 aromatic carbocycles. The maximum atomic E-state index is 12.3. The first-order valence-electron chi connectivity index (χ1n) is 7.00. The number of hydrogen-bond donors (Lipinski definition) is 2. The summed E-state index contributed by atoms with van der Waals surface area (Å²) in [5, 5.41) is 12.1. The molecule has 2 heterocycles. The van der Waals surface area contributed by atoms with Crippen molar-refractivity contribution < 1.29 is 19.1 Å². The number of carbonyl (C=O) groups excluding carboxylic acids is 1. The zero-order valence-corrected chi connectivity index (χ0v) is 12.5. The Morgan fingerprint density at radius 3 is 2.86 bits per heavy atom. The van der Waals surface area contributed by atoms with E-state index in [1.165, 1.54) is 4.90 Å². The molecule has 7 heteroatoms. The fraction of sp³-hybridized carbons (Fsp3) is 0.643. The molecule has 1 atom stereocenters. The first-order valence-corrected chi connectivity index (χ1v) is 7.00. The smallest absolute Gasteiger partial charge is 0.327 e. The van der Waals surface area contributed by atoms with Crippen LogP contribution in [0.1, 0.15) is 38.3 Å². The van der Waals surface area contributed by atoms with Crippen LogP contribution < -0.4 is 5.32 Å². The lowest BCUT2D eigenvalue weighted by Gasteiger charge is -2.43. The van der Waals surface area contributed by atoms with Crippen molar-refractivity contribution in [2.75, 3.05) is 6.54 Å². The number of aromatic nitrogens is 1. The van der Waals surface area contributed by atoms with Crippen LogP contribution in [0.15, 0.2) is 10.6 Å². The van der Waals surface area contributed by atoms with Gasteiger partial charge < -0.3 is 19.7 Å². The quantitative estimate of drug-likeness (QED) is 0.886. The summed E-state index contributed by atoms with van der Waals surface area (Å²) in [7, 11) is 0. The normalized spacial score (nSPS) is 21.1. The number of likely N-dealkylation sites (tertiary alicyclic amines) is 1. The minimum atomic E-state index is -0.971. The monoisotopic (exact) mass is 295 g/mol. The van der Waals surface area contributed by atoms with Crippen LogP contribution in [0.2, 0.25) is 0 Å². The van der Waals surface area contributed by atoms with Gasteiger partial charge in [0, 0.05) is 6.54 Å². The van der Waals surface area contributed by atoms with Gasteiger partial charge in [-0.05, 0) is 25.2 Å². The highest BCUT2D eigenvalue weighted by Crippen LogP contribution is 2.35. The lowest BCUT2D eigenvalue weighted by Crippen LogP contribution is -2.58. The molecule has 0 spiro atoms. The van der Waals surface area contributed by atoms with Crippen LogP contribution >= 0.6 is 0 Å². The van der Waals surface area contributed by atoms with Gasteiger partial charge in [0.1, 0.15) is 11.8 Å². The number of carboxylic acids is 1. The first-order chi connectivity index (χ1) is 9.81. The molecule has 2 amide bonds. The third kappa shape index (κ3) is 3.34. The predicted molar refractivity (Wildman–Crippen MR) is 74.6 cm³/mol. The van der Waals surface area contributed by atoms with Crippen LogP contribution in [0.4, 0.5) is 4.79 Å². The molecule has 1 aromatic rings. The van der Waals surface area contributed by atoms with Crippen molar-refractivity contribution in [1.29, 1.82) is 0 Å². The van der Waals surface area contributed by atoms with Crippen molar-refractivity contribution in [3.8, 4) is 0 Å². The highest BCUT2D eigenvalue weighted by atomic mass is 16.4. The first kappa shape index (κ1) is 15.3. The second-order valence-electron chi connectivity index (χ2n) is 6.05. The molecule has 2 N–H and O–H groups in total. The van der Waals surface area contributed by atoms with Gasteiger partial charge >= 0.3 is 12.0 Å². The topological polar surface area (TPSA) is 95.7 Å². The minimum absolute atomic E-state index is 0.149. The summed E-state index contributed by atoms with van der Waals surface area (Å²) in [6.45, 7) is 6.12. The molecule has 7 nitrogen and oxygen atoms in total. The second-order valence-corrected chi connectivity index (χ2v) is 6.05. The van der Waals surface area contributed by atoms with Gasteiger partial charge in [0.15, 0.2) is 0 Å². The number of carbonyl (C=O) groups is 2. The highest BCUT2D eigenvalue weighted by molar-refractivity contribution is 5.83. The van der Waals surface area contributed by atoms with E-state index in [2.05, 4.69) is 10.3 Å². The molecule has 21 heavy (non-hydrogen) atoms. The molecule has 1 aliphatic heterocycles. The molecule has 2 rings (SSSR count). The Hall–Kier alpha value is -2.05. The van der Waals surface area contributed by atoms with Crippen molar-refractivity contribution >= 4 is 12.0 Å². The van der Waals surface area contributed by atoms with Crippen molar-refractivity contribution in [2.24, 2.45) is 5.41 Å². The van der Waals surface area contributed by atoms with Crippen molar-refractivity contribution in [3.63, 3.8) is 0 Å². The van der Waals surface area contributed by atoms with Crippen LogP contribution in [-0.2, 0) is 11.3 Å². The summed E-state index contributed by atoms with van der Waals surface area (Å²) in [5.74, 6) is 0.104. The Kier molecular flexibility index (Phi) is 4.20. The van der Waals surface area contributed by atoms with Crippen molar-refractivity contribution in [1.82, 2.24) is 15.2 Å². The number of rotatable bonds is 3. The van der Waals surface area contributed by atoms with Crippen LogP contribution in [0.25, 0.3) is 0 Å². The van der Waals surface area contributed by atoms with Crippen molar-refractivity contribution in [3.05, 3.63) is 17.8 Å². The molecule has 0 saturated carbocycles. The standard InChI is InChI=1S/C14H21N3O4/c1-9-7-15-10(21-9)8-16-13(20)17-6-4-5-14(2,3)11(17)12(18)19/h7,11H,4-6,8H2,1-3H3,(H,16,20)(H,18,19). The van der Waals surface area contributed by atoms with E-state index in [0.29, 0.717) is 18.2 Å². The van der Waals surface area contributed by atoms with Gasteiger partial charge in [-0.1, -0.05) is 13.8 Å². The number of oxazole rings is 1. The molecule has 0 aliphatic carbocycles. The van der Waals surface area contributed by atoms with Gasteiger partial charge in [0.2, 0.25) is 5.89 Å². The average Bonchev–Trinajstić information content (AvgIpc) is 2.79. The Bertz CT molecular complexity index is 538. The number of nitrogens with zero attached hydrogens (tertiary/aromatic N) is 2. The number of urea groups is 1. The molecule has 1 saturated heterocycles. The van der Waals surface area contributed by atoms with Gasteiger partial charge in [-0.25, -0.2) is 14.6 Å². The number of aliphatic carboxylic acids is 1. The van der Waals surface area contributed by atoms with Gasteiger partial charge in [-0.15, -0.1) is 0 Å². The van der Waals surface area contributed by atoms with E-state index in [9.17, 15) is 14.7 Å². The van der Waals surface area contributed by atoms with Crippen LogP contribution in [0, 0.1) is 12.3 Å². The Morgan fingerprint density at radius 2 is 2.29 bits per heavy atom. The molecule has 1 aromatic heterocycles. The van der Waals surface area contributed by atoms with E-state index < -0.39 is 23.5 Å². The fourth-order valence-electron chi connectivity index (χ4n) is 2.82. The maximum Gasteiger partial charge on any atom is 0.327 e. The molecule has 1 aliphatic rings.